The van der Waals surface area contributed by atoms with Gasteiger partial charge in [-0.25, -0.2) is 0 Å². The highest BCUT2D eigenvalue weighted by atomic mass is 16.3. The van der Waals surface area contributed by atoms with Crippen molar-refractivity contribution in [3.8, 4) is 5.75 Å². The second-order valence-electron chi connectivity index (χ2n) is 6.66. The van der Waals surface area contributed by atoms with E-state index in [1.165, 1.54) is 6.07 Å². The number of anilines is 2. The summed E-state index contributed by atoms with van der Waals surface area (Å²) >= 11 is 0. The van der Waals surface area contributed by atoms with Crippen molar-refractivity contribution in [1.82, 2.24) is 0 Å². The normalized spacial score (nSPS) is 17.2. The highest BCUT2D eigenvalue weighted by Crippen LogP contribution is 2.29. The van der Waals surface area contributed by atoms with E-state index in [9.17, 15) is 14.7 Å². The van der Waals surface area contributed by atoms with Gasteiger partial charge in [0.25, 0.3) is 0 Å². The Balaban J connectivity index is 1.73. The fourth-order valence-corrected chi connectivity index (χ4v) is 3.00. The van der Waals surface area contributed by atoms with Gasteiger partial charge in [0.2, 0.25) is 11.8 Å². The van der Waals surface area contributed by atoms with Gasteiger partial charge in [-0.05, 0) is 35.7 Å². The lowest BCUT2D eigenvalue weighted by Crippen LogP contribution is -2.28. The summed E-state index contributed by atoms with van der Waals surface area (Å²) in [7, 11) is 0. The second-order valence-corrected chi connectivity index (χ2v) is 6.66. The first-order valence-electron chi connectivity index (χ1n) is 8.45. The molecule has 1 saturated heterocycles. The van der Waals surface area contributed by atoms with Crippen molar-refractivity contribution in [3.63, 3.8) is 0 Å². The van der Waals surface area contributed by atoms with Crippen molar-refractivity contribution in [1.29, 1.82) is 0 Å². The Morgan fingerprint density at radius 2 is 1.96 bits per heavy atom. The number of phenolic OH excluding ortho intramolecular Hbond substituents is 1. The van der Waals surface area contributed by atoms with Gasteiger partial charge in [0.1, 0.15) is 5.75 Å². The first kappa shape index (κ1) is 17.0. The van der Waals surface area contributed by atoms with Crippen LogP contribution in [0.3, 0.4) is 0 Å². The third-order valence-electron chi connectivity index (χ3n) is 4.51. The lowest BCUT2D eigenvalue weighted by molar-refractivity contribution is -0.122. The number of hydrogen-bond acceptors (Lipinski definition) is 3. The molecule has 3 rings (SSSR count). The average molecular weight is 338 g/mol. The molecule has 0 unspecified atom stereocenters. The summed E-state index contributed by atoms with van der Waals surface area (Å²) < 4.78 is 0. The zero-order valence-electron chi connectivity index (χ0n) is 14.4. The molecule has 2 aromatic rings. The Hall–Kier alpha value is -2.82. The van der Waals surface area contributed by atoms with Crippen LogP contribution in [0.15, 0.2) is 48.5 Å². The van der Waals surface area contributed by atoms with Crippen LogP contribution in [0.1, 0.15) is 31.7 Å². The van der Waals surface area contributed by atoms with Crippen LogP contribution in [0.5, 0.6) is 5.75 Å². The number of rotatable bonds is 4. The predicted octanol–water partition coefficient (Wildman–Crippen LogP) is 3.51. The van der Waals surface area contributed by atoms with Crippen LogP contribution >= 0.6 is 0 Å². The van der Waals surface area contributed by atoms with E-state index in [4.69, 9.17) is 0 Å². The van der Waals surface area contributed by atoms with Gasteiger partial charge < -0.3 is 15.3 Å². The van der Waals surface area contributed by atoms with Gasteiger partial charge in [-0.15, -0.1) is 0 Å². The van der Waals surface area contributed by atoms with E-state index in [0.29, 0.717) is 18.2 Å². The van der Waals surface area contributed by atoms with Crippen molar-refractivity contribution in [3.05, 3.63) is 54.1 Å². The van der Waals surface area contributed by atoms with Gasteiger partial charge >= 0.3 is 0 Å². The van der Waals surface area contributed by atoms with Gasteiger partial charge in [0, 0.05) is 18.7 Å². The molecule has 0 aromatic heterocycles. The highest BCUT2D eigenvalue weighted by molar-refractivity contribution is 6.03. The van der Waals surface area contributed by atoms with Gasteiger partial charge in [0.05, 0.1) is 11.6 Å². The summed E-state index contributed by atoms with van der Waals surface area (Å²) in [6.07, 6.45) is 0.172. The maximum atomic E-state index is 12.5. The van der Waals surface area contributed by atoms with E-state index in [2.05, 4.69) is 19.2 Å². The number of carbonyl (C=O) groups is 2. The standard InChI is InChI=1S/C20H22N2O3/c1-13(2)14-6-5-7-16(10-14)22-12-15(11-19(22)24)20(25)21-17-8-3-4-9-18(17)23/h3-10,13,15,23H,11-12H2,1-2H3,(H,21,25)/t15-/m1/s1. The number of benzene rings is 2. The lowest BCUT2D eigenvalue weighted by Gasteiger charge is -2.18. The van der Waals surface area contributed by atoms with E-state index in [-0.39, 0.29) is 24.0 Å². The maximum Gasteiger partial charge on any atom is 0.229 e. The fraction of sp³-hybridized carbons (Fsp3) is 0.300. The fourth-order valence-electron chi connectivity index (χ4n) is 3.00. The number of hydrogen-bond donors (Lipinski definition) is 2. The third-order valence-corrected chi connectivity index (χ3v) is 4.51. The van der Waals surface area contributed by atoms with Crippen molar-refractivity contribution >= 4 is 23.2 Å². The van der Waals surface area contributed by atoms with E-state index in [1.54, 1.807) is 23.1 Å². The quantitative estimate of drug-likeness (QED) is 0.838. The number of carbonyl (C=O) groups excluding carboxylic acids is 2. The van der Waals surface area contributed by atoms with Crippen molar-refractivity contribution in [2.45, 2.75) is 26.2 Å². The summed E-state index contributed by atoms with van der Waals surface area (Å²) in [5.74, 6) is -0.356. The smallest absolute Gasteiger partial charge is 0.229 e. The van der Waals surface area contributed by atoms with Crippen LogP contribution in [-0.2, 0) is 9.59 Å². The molecule has 1 aliphatic heterocycles. The molecule has 1 atom stereocenters. The van der Waals surface area contributed by atoms with Crippen LogP contribution in [0.4, 0.5) is 11.4 Å². The van der Waals surface area contributed by atoms with Gasteiger partial charge in [0.15, 0.2) is 0 Å². The number of amides is 2. The van der Waals surface area contributed by atoms with Gasteiger partial charge in [-0.2, -0.15) is 0 Å². The number of para-hydroxylation sites is 2. The zero-order chi connectivity index (χ0) is 18.0. The summed E-state index contributed by atoms with van der Waals surface area (Å²) in [5, 5.41) is 12.5. The van der Waals surface area contributed by atoms with Crippen molar-refractivity contribution in [2.75, 3.05) is 16.8 Å². The maximum absolute atomic E-state index is 12.5. The molecule has 2 N–H and O–H groups in total. The molecule has 1 aliphatic rings. The molecule has 1 heterocycles. The summed E-state index contributed by atoms with van der Waals surface area (Å²) in [4.78, 5) is 26.5. The molecular formula is C20H22N2O3. The Morgan fingerprint density at radius 3 is 2.68 bits per heavy atom. The number of phenols is 1. The molecule has 0 aliphatic carbocycles. The van der Waals surface area contributed by atoms with Crippen LogP contribution in [0, 0.1) is 5.92 Å². The predicted molar refractivity (Wildman–Crippen MR) is 97.7 cm³/mol. The summed E-state index contributed by atoms with van der Waals surface area (Å²) in [6.45, 7) is 4.56. The molecule has 1 fully saturated rings. The highest BCUT2D eigenvalue weighted by Gasteiger charge is 2.35. The van der Waals surface area contributed by atoms with E-state index < -0.39 is 5.92 Å². The molecule has 0 spiro atoms. The lowest BCUT2D eigenvalue weighted by atomic mass is 10.0. The summed E-state index contributed by atoms with van der Waals surface area (Å²) in [6, 6.07) is 14.4. The largest absolute Gasteiger partial charge is 0.506 e. The number of nitrogens with one attached hydrogen (secondary N) is 1. The van der Waals surface area contributed by atoms with Crippen molar-refractivity contribution in [2.24, 2.45) is 5.92 Å². The molecule has 0 radical (unpaired) electrons. The third kappa shape index (κ3) is 3.65. The van der Waals surface area contributed by atoms with Crippen LogP contribution in [-0.4, -0.2) is 23.5 Å². The minimum atomic E-state index is -0.435. The first-order valence-corrected chi connectivity index (χ1v) is 8.45. The Labute approximate surface area is 147 Å². The van der Waals surface area contributed by atoms with Crippen LogP contribution in [0.2, 0.25) is 0 Å². The monoisotopic (exact) mass is 338 g/mol. The SMILES string of the molecule is CC(C)c1cccc(N2C[C@H](C(=O)Nc3ccccc3O)CC2=O)c1. The Morgan fingerprint density at radius 1 is 1.20 bits per heavy atom. The van der Waals surface area contributed by atoms with Crippen LogP contribution in [0.25, 0.3) is 0 Å². The Kier molecular flexibility index (Phi) is 4.74. The van der Waals surface area contributed by atoms with Crippen LogP contribution < -0.4 is 10.2 Å². The second kappa shape index (κ2) is 6.97. The average Bonchev–Trinajstić information content (AvgIpc) is 2.99. The molecule has 0 saturated carbocycles. The molecule has 0 bridgehead atoms. The molecule has 5 heteroatoms. The molecule has 25 heavy (non-hydrogen) atoms. The van der Waals surface area contributed by atoms with Gasteiger partial charge in [-0.3, -0.25) is 9.59 Å². The topological polar surface area (TPSA) is 69.6 Å². The van der Waals surface area contributed by atoms with E-state index in [1.807, 2.05) is 24.3 Å². The first-order chi connectivity index (χ1) is 12.0. The van der Waals surface area contributed by atoms with E-state index in [0.717, 1.165) is 11.3 Å². The van der Waals surface area contributed by atoms with E-state index >= 15 is 0 Å². The molecule has 2 amide bonds. The molecule has 5 nitrogen and oxygen atoms in total. The number of nitrogens with zero attached hydrogens (tertiary/aromatic N) is 1. The van der Waals surface area contributed by atoms with Gasteiger partial charge in [-0.1, -0.05) is 38.1 Å². The molecule has 130 valence electrons. The molecule has 2 aromatic carbocycles. The molecular weight excluding hydrogens is 316 g/mol. The minimum Gasteiger partial charge on any atom is -0.506 e. The summed E-state index contributed by atoms with van der Waals surface area (Å²) in [5.41, 5.74) is 2.35. The number of aromatic hydroxyl groups is 1. The minimum absolute atomic E-state index is 0.0154. The zero-order valence-corrected chi connectivity index (χ0v) is 14.4. The van der Waals surface area contributed by atoms with Crippen molar-refractivity contribution < 1.29 is 14.7 Å². The Bertz CT molecular complexity index is 801.